The van der Waals surface area contributed by atoms with Crippen LogP contribution < -0.4 is 15.0 Å². The molecule has 0 radical (unpaired) electrons. The lowest BCUT2D eigenvalue weighted by atomic mass is 10.1. The molecule has 33 heavy (non-hydrogen) atoms. The number of methoxy groups -OCH3 is 1. The first-order valence-corrected chi connectivity index (χ1v) is 10.3. The Hall–Kier alpha value is -4.47. The smallest absolute Gasteiger partial charge is 0.293 e. The fraction of sp³-hybridized carbons (Fsp3) is 0.174. The maximum Gasteiger partial charge on any atom is 0.293 e. The maximum atomic E-state index is 13.0. The molecule has 0 aliphatic heterocycles. The van der Waals surface area contributed by atoms with Crippen LogP contribution in [0.2, 0.25) is 0 Å². The quantitative estimate of drug-likeness (QED) is 0.377. The van der Waals surface area contributed by atoms with Crippen molar-refractivity contribution in [3.63, 3.8) is 0 Å². The SMILES string of the molecule is CCOc1ccc(-c2cc3c(=O)n(Cc4nc(-c5ccccc5OC)no4)ncn3n2)cc1. The van der Waals surface area contributed by atoms with E-state index in [-0.39, 0.29) is 18.0 Å². The predicted molar refractivity (Wildman–Crippen MR) is 119 cm³/mol. The molecule has 2 aromatic carbocycles. The van der Waals surface area contributed by atoms with Gasteiger partial charge in [0.25, 0.3) is 5.56 Å². The molecule has 10 nitrogen and oxygen atoms in total. The number of hydrogen-bond donors (Lipinski definition) is 0. The van der Waals surface area contributed by atoms with Crippen molar-refractivity contribution in [3.05, 3.63) is 77.2 Å². The third kappa shape index (κ3) is 3.93. The largest absolute Gasteiger partial charge is 0.496 e. The molecule has 0 bridgehead atoms. The molecule has 0 aliphatic carbocycles. The molecule has 10 heteroatoms. The van der Waals surface area contributed by atoms with Crippen LogP contribution in [0.1, 0.15) is 12.8 Å². The molecule has 0 spiro atoms. The lowest BCUT2D eigenvalue weighted by Crippen LogP contribution is -2.25. The maximum absolute atomic E-state index is 13.0. The Kier molecular flexibility index (Phi) is 5.31. The second-order valence-corrected chi connectivity index (χ2v) is 7.12. The fourth-order valence-corrected chi connectivity index (χ4v) is 3.47. The minimum atomic E-state index is -0.320. The van der Waals surface area contributed by atoms with Crippen LogP contribution in [0.5, 0.6) is 11.5 Å². The van der Waals surface area contributed by atoms with E-state index in [1.54, 1.807) is 13.2 Å². The van der Waals surface area contributed by atoms with Crippen LogP contribution in [0.25, 0.3) is 28.2 Å². The minimum absolute atomic E-state index is 0.0288. The highest BCUT2D eigenvalue weighted by molar-refractivity contribution is 5.66. The number of fused-ring (bicyclic) bond motifs is 1. The number of rotatable bonds is 7. The summed E-state index contributed by atoms with van der Waals surface area (Å²) >= 11 is 0. The summed E-state index contributed by atoms with van der Waals surface area (Å²) in [6.07, 6.45) is 1.48. The topological polar surface area (TPSA) is 110 Å². The molecule has 0 unspecified atom stereocenters. The molecule has 0 saturated heterocycles. The van der Waals surface area contributed by atoms with Gasteiger partial charge in [0, 0.05) is 5.56 Å². The lowest BCUT2D eigenvalue weighted by Gasteiger charge is -2.03. The van der Waals surface area contributed by atoms with E-state index in [4.69, 9.17) is 14.0 Å². The summed E-state index contributed by atoms with van der Waals surface area (Å²) in [6, 6.07) is 16.6. The third-order valence-electron chi connectivity index (χ3n) is 5.05. The molecule has 3 aromatic heterocycles. The van der Waals surface area contributed by atoms with Crippen molar-refractivity contribution in [2.75, 3.05) is 13.7 Å². The number of ether oxygens (including phenoxy) is 2. The van der Waals surface area contributed by atoms with E-state index < -0.39 is 0 Å². The van der Waals surface area contributed by atoms with Crippen molar-refractivity contribution in [2.24, 2.45) is 0 Å². The average molecular weight is 444 g/mol. The molecular formula is C23H20N6O4. The van der Waals surface area contributed by atoms with Crippen LogP contribution in [-0.2, 0) is 6.54 Å². The summed E-state index contributed by atoms with van der Waals surface area (Å²) in [5.41, 5.74) is 2.29. The van der Waals surface area contributed by atoms with Crippen molar-refractivity contribution in [1.29, 1.82) is 0 Å². The molecule has 0 amide bonds. The van der Waals surface area contributed by atoms with E-state index in [0.29, 0.717) is 35.0 Å². The van der Waals surface area contributed by atoms with E-state index in [0.717, 1.165) is 11.3 Å². The van der Waals surface area contributed by atoms with Gasteiger partial charge in [-0.25, -0.2) is 9.20 Å². The van der Waals surface area contributed by atoms with E-state index in [2.05, 4.69) is 20.3 Å². The molecule has 0 N–H and O–H groups in total. The van der Waals surface area contributed by atoms with E-state index in [1.807, 2.05) is 55.5 Å². The van der Waals surface area contributed by atoms with Gasteiger partial charge in [-0.3, -0.25) is 4.79 Å². The third-order valence-corrected chi connectivity index (χ3v) is 5.05. The second kappa shape index (κ2) is 8.58. The monoisotopic (exact) mass is 444 g/mol. The zero-order valence-electron chi connectivity index (χ0n) is 18.0. The van der Waals surface area contributed by atoms with Gasteiger partial charge in [0.1, 0.15) is 29.9 Å². The Balaban J connectivity index is 1.42. The second-order valence-electron chi connectivity index (χ2n) is 7.12. The summed E-state index contributed by atoms with van der Waals surface area (Å²) in [4.78, 5) is 17.4. The van der Waals surface area contributed by atoms with Crippen LogP contribution in [0.15, 0.2) is 70.2 Å². The molecule has 166 valence electrons. The van der Waals surface area contributed by atoms with Crippen LogP contribution >= 0.6 is 0 Å². The van der Waals surface area contributed by atoms with Crippen molar-refractivity contribution in [3.8, 4) is 34.1 Å². The fourth-order valence-electron chi connectivity index (χ4n) is 3.47. The van der Waals surface area contributed by atoms with Crippen LogP contribution in [-0.4, -0.2) is 43.3 Å². The van der Waals surface area contributed by atoms with Gasteiger partial charge in [-0.1, -0.05) is 17.3 Å². The molecule has 0 aliphatic rings. The summed E-state index contributed by atoms with van der Waals surface area (Å²) in [5.74, 6) is 2.03. The first kappa shape index (κ1) is 20.4. The van der Waals surface area contributed by atoms with Gasteiger partial charge in [-0.15, -0.1) is 0 Å². The van der Waals surface area contributed by atoms with Gasteiger partial charge in [0.05, 0.1) is 25.0 Å². The summed E-state index contributed by atoms with van der Waals surface area (Å²) in [5, 5.41) is 12.7. The number of para-hydroxylation sites is 1. The molecule has 5 rings (SSSR count). The number of hydrogen-bond acceptors (Lipinski definition) is 8. The van der Waals surface area contributed by atoms with Crippen molar-refractivity contribution in [2.45, 2.75) is 13.5 Å². The van der Waals surface area contributed by atoms with E-state index in [9.17, 15) is 4.79 Å². The zero-order chi connectivity index (χ0) is 22.8. The number of benzene rings is 2. The Morgan fingerprint density at radius 3 is 2.70 bits per heavy atom. The van der Waals surface area contributed by atoms with Crippen molar-refractivity contribution >= 4 is 5.52 Å². The van der Waals surface area contributed by atoms with Gasteiger partial charge in [-0.05, 0) is 49.4 Å². The summed E-state index contributed by atoms with van der Waals surface area (Å²) < 4.78 is 18.9. The van der Waals surface area contributed by atoms with Gasteiger partial charge in [0.2, 0.25) is 11.7 Å². The number of aromatic nitrogens is 6. The molecule has 0 atom stereocenters. The van der Waals surface area contributed by atoms with E-state index in [1.165, 1.54) is 15.5 Å². The van der Waals surface area contributed by atoms with E-state index >= 15 is 0 Å². The van der Waals surface area contributed by atoms with Crippen molar-refractivity contribution < 1.29 is 14.0 Å². The van der Waals surface area contributed by atoms with Crippen LogP contribution in [0.3, 0.4) is 0 Å². The molecule has 0 fully saturated rings. The van der Waals surface area contributed by atoms with Crippen LogP contribution in [0, 0.1) is 0 Å². The highest BCUT2D eigenvalue weighted by atomic mass is 16.5. The average Bonchev–Trinajstić information content (AvgIpc) is 3.49. The zero-order valence-corrected chi connectivity index (χ0v) is 18.0. The Bertz CT molecular complexity index is 1470. The highest BCUT2D eigenvalue weighted by Crippen LogP contribution is 2.27. The first-order valence-electron chi connectivity index (χ1n) is 10.3. The lowest BCUT2D eigenvalue weighted by molar-refractivity contribution is 0.340. The van der Waals surface area contributed by atoms with Gasteiger partial charge >= 0.3 is 0 Å². The van der Waals surface area contributed by atoms with Gasteiger partial charge in [-0.2, -0.15) is 15.2 Å². The molecule has 5 aromatic rings. The Morgan fingerprint density at radius 2 is 1.91 bits per heavy atom. The minimum Gasteiger partial charge on any atom is -0.496 e. The molecular weight excluding hydrogens is 424 g/mol. The Morgan fingerprint density at radius 1 is 1.09 bits per heavy atom. The highest BCUT2D eigenvalue weighted by Gasteiger charge is 2.16. The van der Waals surface area contributed by atoms with Gasteiger partial charge in [0.15, 0.2) is 0 Å². The first-order chi connectivity index (χ1) is 16.2. The molecule has 3 heterocycles. The van der Waals surface area contributed by atoms with Crippen LogP contribution in [0.4, 0.5) is 0 Å². The summed E-state index contributed by atoms with van der Waals surface area (Å²) in [6.45, 7) is 2.56. The standard InChI is InChI=1S/C23H20N6O4/c1-3-32-16-10-8-15(9-11-16)18-12-19-23(30)28(24-14-29(19)26-18)13-21-25-22(27-33-21)17-6-4-5-7-20(17)31-2/h4-12,14H,3,13H2,1-2H3. The van der Waals surface area contributed by atoms with Gasteiger partial charge < -0.3 is 14.0 Å². The normalized spacial score (nSPS) is 11.1. The van der Waals surface area contributed by atoms with Crippen molar-refractivity contribution in [1.82, 2.24) is 29.5 Å². The molecule has 0 saturated carbocycles. The Labute approximate surface area is 188 Å². The summed E-state index contributed by atoms with van der Waals surface area (Å²) in [7, 11) is 1.58. The predicted octanol–water partition coefficient (Wildman–Crippen LogP) is 3.06. The number of nitrogens with zero attached hydrogens (tertiary/aromatic N) is 6.